The van der Waals surface area contributed by atoms with Gasteiger partial charge in [0.05, 0.1) is 18.2 Å². The first-order valence-electron chi connectivity index (χ1n) is 14.7. The highest BCUT2D eigenvalue weighted by atomic mass is 35.5. The van der Waals surface area contributed by atoms with Gasteiger partial charge in [0.15, 0.2) is 6.29 Å². The summed E-state index contributed by atoms with van der Waals surface area (Å²) in [6.07, 6.45) is 5.38. The van der Waals surface area contributed by atoms with Gasteiger partial charge in [-0.15, -0.1) is 0 Å². The van der Waals surface area contributed by atoms with Gasteiger partial charge in [0.2, 0.25) is 0 Å². The number of alkyl halides is 2. The van der Waals surface area contributed by atoms with Gasteiger partial charge in [-0.1, -0.05) is 42.7 Å². The van der Waals surface area contributed by atoms with Gasteiger partial charge >= 0.3 is 6.11 Å². The standard InChI is InChI=1S/C34H33ClF6O3/c1-2-3-4-5-20-6-8-21(9-7-20)24-18-42-33(43-19-24)23-15-30(38)32(31(39)16-23)34(40,41)44-25-11-12-26(28(36)17-25)22-10-13-27(35)29(37)14-22/h2-3,10-17,20-21,24,33H,4-9,18-19H2,1H3. The Labute approximate surface area is 257 Å². The van der Waals surface area contributed by atoms with Crippen molar-refractivity contribution >= 4 is 11.6 Å². The first kappa shape index (κ1) is 32.4. The molecule has 3 nitrogen and oxygen atoms in total. The molecule has 0 amide bonds. The van der Waals surface area contributed by atoms with Crippen LogP contribution in [0.4, 0.5) is 26.3 Å². The van der Waals surface area contributed by atoms with Gasteiger partial charge in [-0.05, 0) is 86.4 Å². The zero-order valence-electron chi connectivity index (χ0n) is 24.1. The third-order valence-corrected chi connectivity index (χ3v) is 8.81. The van der Waals surface area contributed by atoms with E-state index in [4.69, 9.17) is 21.1 Å². The highest BCUT2D eigenvalue weighted by Crippen LogP contribution is 2.41. The van der Waals surface area contributed by atoms with E-state index in [1.54, 1.807) is 0 Å². The number of halogens is 7. The Bertz CT molecular complexity index is 1460. The summed E-state index contributed by atoms with van der Waals surface area (Å²) in [5.74, 6) is -4.32. The normalized spacial score (nSPS) is 22.8. The second-order valence-electron chi connectivity index (χ2n) is 11.4. The van der Waals surface area contributed by atoms with Crippen molar-refractivity contribution in [2.45, 2.75) is 57.8 Å². The fraction of sp³-hybridized carbons (Fsp3) is 0.412. The molecular weight excluding hydrogens is 606 g/mol. The minimum absolute atomic E-state index is 0.0729. The van der Waals surface area contributed by atoms with E-state index in [0.717, 1.165) is 62.4 Å². The van der Waals surface area contributed by atoms with Crippen molar-refractivity contribution in [2.75, 3.05) is 13.2 Å². The van der Waals surface area contributed by atoms with E-state index in [9.17, 15) is 17.6 Å². The number of rotatable bonds is 9. The van der Waals surface area contributed by atoms with E-state index in [2.05, 4.69) is 16.9 Å². The minimum atomic E-state index is -4.49. The molecule has 0 spiro atoms. The number of hydrogen-bond acceptors (Lipinski definition) is 3. The molecule has 44 heavy (non-hydrogen) atoms. The van der Waals surface area contributed by atoms with E-state index in [1.807, 2.05) is 6.92 Å². The second kappa shape index (κ2) is 14.0. The van der Waals surface area contributed by atoms with E-state index in [1.165, 1.54) is 18.6 Å². The van der Waals surface area contributed by atoms with Gasteiger partial charge in [0.25, 0.3) is 0 Å². The zero-order chi connectivity index (χ0) is 31.4. The Morgan fingerprint density at radius 2 is 1.52 bits per heavy atom. The van der Waals surface area contributed by atoms with Gasteiger partial charge < -0.3 is 14.2 Å². The summed E-state index contributed by atoms with van der Waals surface area (Å²) in [7, 11) is 0. The van der Waals surface area contributed by atoms with Crippen LogP contribution in [0.25, 0.3) is 11.1 Å². The third kappa shape index (κ3) is 7.44. The maximum atomic E-state index is 15.0. The minimum Gasteiger partial charge on any atom is -0.429 e. The molecule has 3 aromatic rings. The molecule has 10 heteroatoms. The summed E-state index contributed by atoms with van der Waals surface area (Å²) in [4.78, 5) is 0. The van der Waals surface area contributed by atoms with Crippen LogP contribution in [-0.2, 0) is 15.6 Å². The highest BCUT2D eigenvalue weighted by Gasteiger charge is 2.42. The number of benzene rings is 3. The van der Waals surface area contributed by atoms with Gasteiger partial charge in [0, 0.05) is 23.1 Å². The highest BCUT2D eigenvalue weighted by molar-refractivity contribution is 6.30. The molecule has 0 radical (unpaired) electrons. The molecule has 2 fully saturated rings. The fourth-order valence-corrected chi connectivity index (χ4v) is 6.21. The average Bonchev–Trinajstić information content (AvgIpc) is 2.98. The average molecular weight is 639 g/mol. The number of hydrogen-bond donors (Lipinski definition) is 0. The molecule has 236 valence electrons. The Hall–Kier alpha value is -3.01. The van der Waals surface area contributed by atoms with E-state index in [-0.39, 0.29) is 27.6 Å². The lowest BCUT2D eigenvalue weighted by atomic mass is 9.75. The molecule has 1 aliphatic carbocycles. The maximum absolute atomic E-state index is 15.0. The van der Waals surface area contributed by atoms with Crippen molar-refractivity contribution in [3.63, 3.8) is 0 Å². The molecule has 3 aromatic carbocycles. The summed E-state index contributed by atoms with van der Waals surface area (Å²) in [6.45, 7) is 2.70. The van der Waals surface area contributed by atoms with Crippen LogP contribution < -0.4 is 4.74 Å². The van der Waals surface area contributed by atoms with E-state index in [0.29, 0.717) is 31.1 Å². The summed E-state index contributed by atoms with van der Waals surface area (Å²) in [5.41, 5.74) is -1.71. The Morgan fingerprint density at radius 1 is 0.841 bits per heavy atom. The van der Waals surface area contributed by atoms with Crippen LogP contribution in [0.1, 0.15) is 62.9 Å². The number of ether oxygens (including phenoxy) is 3. The lowest BCUT2D eigenvalue weighted by molar-refractivity contribution is -0.215. The smallest absolute Gasteiger partial charge is 0.429 e. The second-order valence-corrected chi connectivity index (χ2v) is 11.8. The van der Waals surface area contributed by atoms with Gasteiger partial charge in [-0.25, -0.2) is 17.6 Å². The lowest BCUT2D eigenvalue weighted by Crippen LogP contribution is -2.34. The van der Waals surface area contributed by atoms with Crippen LogP contribution in [0.5, 0.6) is 5.75 Å². The molecule has 1 saturated carbocycles. The van der Waals surface area contributed by atoms with Crippen molar-refractivity contribution in [1.82, 2.24) is 0 Å². The molecule has 5 rings (SSSR count). The molecular formula is C34H33ClF6O3. The zero-order valence-corrected chi connectivity index (χ0v) is 24.9. The summed E-state index contributed by atoms with van der Waals surface area (Å²) < 4.78 is 105. The quantitative estimate of drug-likeness (QED) is 0.172. The monoisotopic (exact) mass is 638 g/mol. The van der Waals surface area contributed by atoms with Crippen molar-refractivity contribution in [3.8, 4) is 16.9 Å². The Balaban J connectivity index is 1.21. The molecule has 0 atom stereocenters. The first-order valence-corrected chi connectivity index (χ1v) is 15.1. The summed E-state index contributed by atoms with van der Waals surface area (Å²) in [5, 5.41) is -0.168. The van der Waals surface area contributed by atoms with Gasteiger partial charge in [-0.2, -0.15) is 8.78 Å². The molecule has 0 N–H and O–H groups in total. The van der Waals surface area contributed by atoms with Crippen molar-refractivity contribution in [3.05, 3.63) is 100 Å². The SMILES string of the molecule is CC=CCCC1CCC(C2COC(c3cc(F)c(C(F)(F)Oc4ccc(-c5ccc(Cl)c(F)c5)c(F)c4)c(F)c3)OC2)CC1. The van der Waals surface area contributed by atoms with Crippen molar-refractivity contribution in [2.24, 2.45) is 17.8 Å². The fourth-order valence-electron chi connectivity index (χ4n) is 6.09. The molecule has 1 aliphatic heterocycles. The summed E-state index contributed by atoms with van der Waals surface area (Å²) in [6, 6.07) is 7.71. The maximum Gasteiger partial charge on any atom is 0.432 e. The predicted octanol–water partition coefficient (Wildman–Crippen LogP) is 10.5. The number of allylic oxidation sites excluding steroid dienone is 2. The lowest BCUT2D eigenvalue weighted by Gasteiger charge is -2.38. The van der Waals surface area contributed by atoms with Crippen LogP contribution in [0.3, 0.4) is 0 Å². The molecule has 1 saturated heterocycles. The van der Waals surface area contributed by atoms with Gasteiger partial charge in [0.1, 0.15) is 34.6 Å². The first-order chi connectivity index (χ1) is 21.1. The molecule has 0 aromatic heterocycles. The Kier molecular flexibility index (Phi) is 10.3. The molecule has 2 aliphatic rings. The summed E-state index contributed by atoms with van der Waals surface area (Å²) >= 11 is 5.65. The Morgan fingerprint density at radius 3 is 2.14 bits per heavy atom. The topological polar surface area (TPSA) is 27.7 Å². The van der Waals surface area contributed by atoms with Crippen LogP contribution in [0, 0.1) is 41.0 Å². The van der Waals surface area contributed by atoms with E-state index < -0.39 is 47.0 Å². The van der Waals surface area contributed by atoms with Crippen LogP contribution >= 0.6 is 11.6 Å². The van der Waals surface area contributed by atoms with Crippen LogP contribution in [-0.4, -0.2) is 13.2 Å². The third-order valence-electron chi connectivity index (χ3n) is 8.50. The van der Waals surface area contributed by atoms with E-state index >= 15 is 8.78 Å². The van der Waals surface area contributed by atoms with Crippen molar-refractivity contribution in [1.29, 1.82) is 0 Å². The largest absolute Gasteiger partial charge is 0.432 e. The molecule has 1 heterocycles. The van der Waals surface area contributed by atoms with Crippen molar-refractivity contribution < 1.29 is 40.6 Å². The predicted molar refractivity (Wildman–Crippen MR) is 155 cm³/mol. The van der Waals surface area contributed by atoms with Gasteiger partial charge in [-0.3, -0.25) is 0 Å². The van der Waals surface area contributed by atoms with Crippen LogP contribution in [0.15, 0.2) is 60.7 Å². The molecule has 0 bridgehead atoms. The van der Waals surface area contributed by atoms with Crippen LogP contribution in [0.2, 0.25) is 5.02 Å². The molecule has 0 unspecified atom stereocenters.